The third-order valence-electron chi connectivity index (χ3n) is 2.94. The average molecular weight is 336 g/mol. The Hall–Kier alpha value is -2.18. The van der Waals surface area contributed by atoms with Crippen LogP contribution in [0.5, 0.6) is 0 Å². The van der Waals surface area contributed by atoms with E-state index in [1.165, 1.54) is 23.5 Å². The molecule has 3 rings (SSSR count). The number of carbonyl (C=O) groups is 1. The minimum atomic E-state index is -0.311. The summed E-state index contributed by atoms with van der Waals surface area (Å²) in [6, 6.07) is 11.4. The van der Waals surface area contributed by atoms with Crippen molar-refractivity contribution in [3.05, 3.63) is 58.9 Å². The van der Waals surface area contributed by atoms with E-state index in [1.807, 2.05) is 0 Å². The molecule has 0 unspecified atom stereocenters. The van der Waals surface area contributed by atoms with Gasteiger partial charge in [0.25, 0.3) is 0 Å². The van der Waals surface area contributed by atoms with Crippen molar-refractivity contribution >= 4 is 44.2 Å². The van der Waals surface area contributed by atoms with Crippen LogP contribution in [0.4, 0.5) is 9.52 Å². The Kier molecular flexibility index (Phi) is 4.22. The van der Waals surface area contributed by atoms with E-state index in [1.54, 1.807) is 30.3 Å². The van der Waals surface area contributed by atoms with Crippen LogP contribution < -0.4 is 10.9 Å². The fraction of sp³-hybridized carbons (Fsp3) is 0.0667. The van der Waals surface area contributed by atoms with E-state index in [9.17, 15) is 9.18 Å². The van der Waals surface area contributed by atoms with Crippen LogP contribution in [0, 0.1) is 5.82 Å². The molecule has 112 valence electrons. The van der Waals surface area contributed by atoms with Gasteiger partial charge < -0.3 is 0 Å². The van der Waals surface area contributed by atoms with Gasteiger partial charge in [-0.1, -0.05) is 35.1 Å². The molecule has 1 aromatic heterocycles. The third-order valence-corrected chi connectivity index (χ3v) is 4.12. The van der Waals surface area contributed by atoms with Crippen LogP contribution >= 0.6 is 22.9 Å². The number of fused-ring (bicyclic) bond motifs is 1. The smallest absolute Gasteiger partial charge is 0.242 e. The number of halogens is 2. The maximum Gasteiger partial charge on any atom is 0.242 e. The normalized spacial score (nSPS) is 10.6. The fourth-order valence-electron chi connectivity index (χ4n) is 1.91. The van der Waals surface area contributed by atoms with E-state index in [4.69, 9.17) is 11.6 Å². The van der Waals surface area contributed by atoms with Crippen molar-refractivity contribution in [1.29, 1.82) is 0 Å². The molecule has 0 aliphatic heterocycles. The number of anilines is 1. The molecule has 7 heteroatoms. The van der Waals surface area contributed by atoms with Gasteiger partial charge in [0.15, 0.2) is 0 Å². The minimum absolute atomic E-state index is 0.201. The highest BCUT2D eigenvalue weighted by molar-refractivity contribution is 7.22. The summed E-state index contributed by atoms with van der Waals surface area (Å²) in [6.07, 6.45) is 0.226. The standard InChI is InChI=1S/C15H11ClFN3OS/c16-10-3-1-9(2-4-10)7-14(21)19-20-15-18-12-6-5-11(17)8-13(12)22-15/h1-6,8H,7H2,(H,18,20)(H,19,21). The topological polar surface area (TPSA) is 54.0 Å². The monoisotopic (exact) mass is 335 g/mol. The molecule has 2 aromatic carbocycles. The van der Waals surface area contributed by atoms with Gasteiger partial charge in [-0.3, -0.25) is 15.6 Å². The van der Waals surface area contributed by atoms with Gasteiger partial charge in [0.2, 0.25) is 11.0 Å². The van der Waals surface area contributed by atoms with Crippen LogP contribution in [-0.4, -0.2) is 10.9 Å². The van der Waals surface area contributed by atoms with Gasteiger partial charge in [-0.2, -0.15) is 0 Å². The Balaban J connectivity index is 1.61. The lowest BCUT2D eigenvalue weighted by Crippen LogP contribution is -2.30. The lowest BCUT2D eigenvalue weighted by molar-refractivity contribution is -0.119. The molecule has 4 nitrogen and oxygen atoms in total. The summed E-state index contributed by atoms with van der Waals surface area (Å²) in [5.74, 6) is -0.512. The lowest BCUT2D eigenvalue weighted by Gasteiger charge is -2.05. The highest BCUT2D eigenvalue weighted by Crippen LogP contribution is 2.25. The van der Waals surface area contributed by atoms with E-state index in [-0.39, 0.29) is 18.1 Å². The Bertz CT molecular complexity index is 819. The number of amides is 1. The summed E-state index contributed by atoms with van der Waals surface area (Å²) in [4.78, 5) is 16.1. The van der Waals surface area contributed by atoms with E-state index >= 15 is 0 Å². The second kappa shape index (κ2) is 6.29. The zero-order valence-electron chi connectivity index (χ0n) is 11.3. The maximum atomic E-state index is 13.1. The quantitative estimate of drug-likeness (QED) is 0.713. The van der Waals surface area contributed by atoms with Crippen LogP contribution in [-0.2, 0) is 11.2 Å². The van der Waals surface area contributed by atoms with Crippen molar-refractivity contribution in [2.75, 3.05) is 5.43 Å². The molecule has 0 bridgehead atoms. The van der Waals surface area contributed by atoms with Crippen LogP contribution in [0.1, 0.15) is 5.56 Å². The van der Waals surface area contributed by atoms with Gasteiger partial charge in [0.1, 0.15) is 5.82 Å². The van der Waals surface area contributed by atoms with Crippen LogP contribution in [0.25, 0.3) is 10.2 Å². The Morgan fingerprint density at radius 2 is 2.00 bits per heavy atom. The van der Waals surface area contributed by atoms with Gasteiger partial charge in [-0.15, -0.1) is 0 Å². The predicted octanol–water partition coefficient (Wildman–Crippen LogP) is 3.77. The molecule has 0 aliphatic rings. The molecule has 0 atom stereocenters. The first-order chi connectivity index (χ1) is 10.6. The number of hydrogen-bond acceptors (Lipinski definition) is 4. The predicted molar refractivity (Wildman–Crippen MR) is 86.5 cm³/mol. The molecular formula is C15H11ClFN3OS. The largest absolute Gasteiger partial charge is 0.273 e. The average Bonchev–Trinajstić information content (AvgIpc) is 2.89. The van der Waals surface area contributed by atoms with Crippen molar-refractivity contribution in [3.8, 4) is 0 Å². The number of carbonyl (C=O) groups excluding carboxylic acids is 1. The molecule has 22 heavy (non-hydrogen) atoms. The molecular weight excluding hydrogens is 325 g/mol. The van der Waals surface area contributed by atoms with E-state index in [2.05, 4.69) is 15.8 Å². The number of thiazole rings is 1. The van der Waals surface area contributed by atoms with Crippen molar-refractivity contribution in [1.82, 2.24) is 10.4 Å². The van der Waals surface area contributed by atoms with Gasteiger partial charge >= 0.3 is 0 Å². The fourth-order valence-corrected chi connectivity index (χ4v) is 2.88. The summed E-state index contributed by atoms with van der Waals surface area (Å²) >= 11 is 7.06. The first-order valence-corrected chi connectivity index (χ1v) is 7.65. The van der Waals surface area contributed by atoms with Crippen molar-refractivity contribution in [3.63, 3.8) is 0 Å². The summed E-state index contributed by atoms with van der Waals surface area (Å²) in [5.41, 5.74) is 6.85. The molecule has 0 aliphatic carbocycles. The molecule has 1 amide bonds. The highest BCUT2D eigenvalue weighted by atomic mass is 35.5. The van der Waals surface area contributed by atoms with Gasteiger partial charge in [0, 0.05) is 5.02 Å². The second-order valence-electron chi connectivity index (χ2n) is 4.61. The molecule has 0 saturated carbocycles. The maximum absolute atomic E-state index is 13.1. The molecule has 3 aromatic rings. The zero-order valence-corrected chi connectivity index (χ0v) is 12.8. The molecule has 0 saturated heterocycles. The number of aromatic nitrogens is 1. The number of nitrogens with zero attached hydrogens (tertiary/aromatic N) is 1. The second-order valence-corrected chi connectivity index (χ2v) is 6.07. The van der Waals surface area contributed by atoms with Crippen molar-refractivity contribution in [2.45, 2.75) is 6.42 Å². The number of nitrogens with one attached hydrogen (secondary N) is 2. The molecule has 0 radical (unpaired) electrons. The first-order valence-electron chi connectivity index (χ1n) is 6.45. The highest BCUT2D eigenvalue weighted by Gasteiger charge is 2.07. The zero-order chi connectivity index (χ0) is 15.5. The summed E-state index contributed by atoms with van der Waals surface area (Å²) in [5, 5.41) is 1.13. The number of rotatable bonds is 4. The summed E-state index contributed by atoms with van der Waals surface area (Å²) < 4.78 is 13.8. The van der Waals surface area contributed by atoms with Crippen LogP contribution in [0.3, 0.4) is 0 Å². The van der Waals surface area contributed by atoms with Gasteiger partial charge in [-0.05, 0) is 35.9 Å². The summed E-state index contributed by atoms with van der Waals surface area (Å²) in [6.45, 7) is 0. The number of hydrogen-bond donors (Lipinski definition) is 2. The lowest BCUT2D eigenvalue weighted by atomic mass is 10.1. The SMILES string of the molecule is O=C(Cc1ccc(Cl)cc1)NNc1nc2ccc(F)cc2s1. The first kappa shape index (κ1) is 14.7. The van der Waals surface area contributed by atoms with Gasteiger partial charge in [0.05, 0.1) is 16.6 Å². The van der Waals surface area contributed by atoms with E-state index < -0.39 is 0 Å². The number of hydrazine groups is 1. The van der Waals surface area contributed by atoms with Crippen molar-refractivity contribution < 1.29 is 9.18 Å². The molecule has 0 spiro atoms. The van der Waals surface area contributed by atoms with Crippen molar-refractivity contribution in [2.24, 2.45) is 0 Å². The van der Waals surface area contributed by atoms with Gasteiger partial charge in [-0.25, -0.2) is 9.37 Å². The Morgan fingerprint density at radius 1 is 1.23 bits per heavy atom. The molecule has 1 heterocycles. The third kappa shape index (κ3) is 3.52. The van der Waals surface area contributed by atoms with E-state index in [0.29, 0.717) is 15.7 Å². The Labute approximate surface area is 134 Å². The van der Waals surface area contributed by atoms with Crippen LogP contribution in [0.15, 0.2) is 42.5 Å². The van der Waals surface area contributed by atoms with Crippen LogP contribution in [0.2, 0.25) is 5.02 Å². The summed E-state index contributed by atoms with van der Waals surface area (Å²) in [7, 11) is 0. The molecule has 0 fully saturated rings. The molecule has 2 N–H and O–H groups in total. The Morgan fingerprint density at radius 3 is 2.77 bits per heavy atom. The number of benzene rings is 2. The minimum Gasteiger partial charge on any atom is -0.273 e. The van der Waals surface area contributed by atoms with E-state index in [0.717, 1.165) is 10.3 Å².